The topological polar surface area (TPSA) is 19.1 Å². The van der Waals surface area contributed by atoms with Crippen LogP contribution in [0.15, 0.2) is 255 Å². The first kappa shape index (κ1) is 40.4. The van der Waals surface area contributed by atoms with Crippen molar-refractivity contribution in [3.05, 3.63) is 266 Å². The van der Waals surface area contributed by atoms with E-state index >= 15 is 0 Å². The Bertz CT molecular complexity index is 4230. The van der Waals surface area contributed by atoms with Gasteiger partial charge in [0.25, 0.3) is 0 Å². The van der Waals surface area contributed by atoms with Crippen molar-refractivity contribution in [2.75, 3.05) is 0 Å². The van der Waals surface area contributed by atoms with Gasteiger partial charge in [-0.1, -0.05) is 182 Å². The molecule has 3 heterocycles. The number of para-hydroxylation sites is 2. The molecular weight excluding hydrogens is 861 g/mol. The summed E-state index contributed by atoms with van der Waals surface area (Å²) in [6, 6.07) is 91.3. The Morgan fingerprint density at radius 1 is 0.268 bits per heavy atom. The maximum absolute atomic E-state index is 9.52. The second-order valence-electron chi connectivity index (χ2n) is 18.4. The SMILES string of the molecule is [C-]#[N+]c1c(-n2c3ccc(-c4ccccc4)cc3c3cc(-c4ccccc4)ccc32)cc2c3ccccc3n(-c3ccccc3)c2c1-n1c2ccc(-c3ccccc3)cc2c2cc(-c3ccccc3)ccc21. The molecule has 0 unspecified atom stereocenters. The third-order valence-corrected chi connectivity index (χ3v) is 14.4. The fourth-order valence-electron chi connectivity index (χ4n) is 11.2. The molecule has 4 heteroatoms. The van der Waals surface area contributed by atoms with Gasteiger partial charge >= 0.3 is 0 Å². The van der Waals surface area contributed by atoms with Gasteiger partial charge in [-0.2, -0.15) is 0 Å². The van der Waals surface area contributed by atoms with Gasteiger partial charge in [0.1, 0.15) is 0 Å². The van der Waals surface area contributed by atoms with Crippen LogP contribution in [-0.2, 0) is 0 Å². The molecule has 330 valence electrons. The molecule has 0 N–H and O–H groups in total. The van der Waals surface area contributed by atoms with Gasteiger partial charge in [-0.15, -0.1) is 0 Å². The molecule has 0 fully saturated rings. The van der Waals surface area contributed by atoms with E-state index in [0.29, 0.717) is 5.69 Å². The van der Waals surface area contributed by atoms with Gasteiger partial charge in [-0.05, 0) is 117 Å². The molecule has 0 saturated carbocycles. The molecule has 71 heavy (non-hydrogen) atoms. The predicted octanol–water partition coefficient (Wildman–Crippen LogP) is 18.2. The van der Waals surface area contributed by atoms with Crippen molar-refractivity contribution in [3.63, 3.8) is 0 Å². The number of hydrogen-bond donors (Lipinski definition) is 0. The highest BCUT2D eigenvalue weighted by molar-refractivity contribution is 6.20. The van der Waals surface area contributed by atoms with Crippen LogP contribution < -0.4 is 0 Å². The average molecular weight is 903 g/mol. The molecule has 0 aliphatic carbocycles. The zero-order valence-electron chi connectivity index (χ0n) is 38.5. The summed E-state index contributed by atoms with van der Waals surface area (Å²) >= 11 is 0. The minimum absolute atomic E-state index is 0.564. The lowest BCUT2D eigenvalue weighted by Crippen LogP contribution is -2.04. The highest BCUT2D eigenvalue weighted by Gasteiger charge is 2.28. The normalized spacial score (nSPS) is 11.6. The highest BCUT2D eigenvalue weighted by Crippen LogP contribution is 2.49. The summed E-state index contributed by atoms with van der Waals surface area (Å²) in [4.78, 5) is 4.72. The fraction of sp³-hybridized carbons (Fsp3) is 0. The maximum Gasteiger partial charge on any atom is 0.236 e. The number of aromatic nitrogens is 3. The van der Waals surface area contributed by atoms with E-state index in [-0.39, 0.29) is 0 Å². The Balaban J connectivity index is 1.16. The number of hydrogen-bond acceptors (Lipinski definition) is 0. The number of fused-ring (bicyclic) bond motifs is 9. The van der Waals surface area contributed by atoms with E-state index in [4.69, 9.17) is 4.85 Å². The first-order valence-corrected chi connectivity index (χ1v) is 24.1. The van der Waals surface area contributed by atoms with Gasteiger partial charge in [-0.3, -0.25) is 0 Å². The van der Waals surface area contributed by atoms with Gasteiger partial charge in [0, 0.05) is 38.0 Å². The largest absolute Gasteiger partial charge is 0.319 e. The van der Waals surface area contributed by atoms with Crippen LogP contribution in [0.25, 0.3) is 132 Å². The molecule has 11 aromatic carbocycles. The fourth-order valence-corrected chi connectivity index (χ4v) is 11.2. The molecule has 14 aromatic rings. The van der Waals surface area contributed by atoms with E-state index in [2.05, 4.69) is 268 Å². The highest BCUT2D eigenvalue weighted by atomic mass is 15.1. The Morgan fingerprint density at radius 2 is 0.620 bits per heavy atom. The standard InChI is InChI=1S/C67H42N4/c1-68-65-64(70-60-35-31-48(44-19-7-2-8-20-44)39-54(60)55-40-49(32-36-61(55)70)45-21-9-3-10-22-45)43-58-53-29-17-18-30-59(53)69(52-27-15-6-16-28-52)66(58)67(65)71-62-37-33-50(46-23-11-4-12-24-46)41-56(62)57-42-51(34-38-63(57)71)47-25-13-5-14-26-47/h2-43H. The lowest BCUT2D eigenvalue weighted by Gasteiger charge is -2.20. The molecule has 0 bridgehead atoms. The van der Waals surface area contributed by atoms with Crippen molar-refractivity contribution in [2.45, 2.75) is 0 Å². The first-order valence-electron chi connectivity index (χ1n) is 24.1. The van der Waals surface area contributed by atoms with Crippen LogP contribution in [0.5, 0.6) is 0 Å². The molecule has 0 radical (unpaired) electrons. The van der Waals surface area contributed by atoms with Crippen molar-refractivity contribution in [1.82, 2.24) is 13.7 Å². The monoisotopic (exact) mass is 902 g/mol. The maximum atomic E-state index is 9.52. The van der Waals surface area contributed by atoms with Gasteiger partial charge in [0.2, 0.25) is 5.69 Å². The van der Waals surface area contributed by atoms with E-state index in [9.17, 15) is 6.57 Å². The predicted molar refractivity (Wildman–Crippen MR) is 297 cm³/mol. The Morgan fingerprint density at radius 3 is 1.03 bits per heavy atom. The van der Waals surface area contributed by atoms with Crippen molar-refractivity contribution in [1.29, 1.82) is 0 Å². The third kappa shape index (κ3) is 6.38. The summed E-state index contributed by atoms with van der Waals surface area (Å²) in [6.45, 7) is 9.52. The summed E-state index contributed by atoms with van der Waals surface area (Å²) in [5.74, 6) is 0. The lowest BCUT2D eigenvalue weighted by molar-refractivity contribution is 1.12. The lowest BCUT2D eigenvalue weighted by atomic mass is 10.0. The van der Waals surface area contributed by atoms with Gasteiger partial charge in [0.05, 0.1) is 51.0 Å². The quantitative estimate of drug-likeness (QED) is 0.142. The molecule has 14 rings (SSSR count). The van der Waals surface area contributed by atoms with E-state index in [1.165, 1.54) is 0 Å². The molecule has 0 aliphatic heterocycles. The first-order chi connectivity index (χ1) is 35.2. The summed E-state index contributed by atoms with van der Waals surface area (Å²) < 4.78 is 7.12. The molecule has 0 spiro atoms. The van der Waals surface area contributed by atoms with Crippen LogP contribution >= 0.6 is 0 Å². The van der Waals surface area contributed by atoms with Crippen LogP contribution in [0.3, 0.4) is 0 Å². The van der Waals surface area contributed by atoms with E-state index in [0.717, 1.165) is 127 Å². The number of benzene rings is 11. The van der Waals surface area contributed by atoms with E-state index < -0.39 is 0 Å². The molecule has 4 nitrogen and oxygen atoms in total. The Kier molecular flexibility index (Phi) is 9.23. The molecular formula is C67H42N4. The minimum atomic E-state index is 0.564. The van der Waals surface area contributed by atoms with Crippen LogP contribution in [-0.4, -0.2) is 13.7 Å². The second kappa shape index (κ2) is 16.2. The molecule has 3 aromatic heterocycles. The van der Waals surface area contributed by atoms with Crippen LogP contribution in [0.4, 0.5) is 5.69 Å². The summed E-state index contributed by atoms with van der Waals surface area (Å²) in [6.07, 6.45) is 0. The molecule has 0 saturated heterocycles. The van der Waals surface area contributed by atoms with E-state index in [1.807, 2.05) is 0 Å². The summed E-state index contributed by atoms with van der Waals surface area (Å²) in [5, 5.41) is 6.67. The summed E-state index contributed by atoms with van der Waals surface area (Å²) in [5.41, 5.74) is 18.6. The minimum Gasteiger partial charge on any atom is -0.319 e. The van der Waals surface area contributed by atoms with Crippen LogP contribution in [0.1, 0.15) is 0 Å². The van der Waals surface area contributed by atoms with Crippen molar-refractivity contribution >= 4 is 71.1 Å². The van der Waals surface area contributed by atoms with Crippen LogP contribution in [0, 0.1) is 6.57 Å². The summed E-state index contributed by atoms with van der Waals surface area (Å²) in [7, 11) is 0. The smallest absolute Gasteiger partial charge is 0.236 e. The third-order valence-electron chi connectivity index (χ3n) is 14.4. The number of rotatable bonds is 7. The second-order valence-corrected chi connectivity index (χ2v) is 18.4. The van der Waals surface area contributed by atoms with Crippen molar-refractivity contribution in [2.24, 2.45) is 0 Å². The van der Waals surface area contributed by atoms with Crippen molar-refractivity contribution < 1.29 is 0 Å². The Labute approximate surface area is 410 Å². The average Bonchev–Trinajstić information content (AvgIpc) is 4.08. The zero-order chi connectivity index (χ0) is 47.0. The molecule has 0 aliphatic rings. The van der Waals surface area contributed by atoms with Gasteiger partial charge in [0.15, 0.2) is 0 Å². The van der Waals surface area contributed by atoms with Crippen LogP contribution in [0.2, 0.25) is 0 Å². The molecule has 0 atom stereocenters. The van der Waals surface area contributed by atoms with Gasteiger partial charge in [-0.25, -0.2) is 4.85 Å². The molecule has 0 amide bonds. The zero-order valence-corrected chi connectivity index (χ0v) is 38.5. The van der Waals surface area contributed by atoms with Crippen molar-refractivity contribution in [3.8, 4) is 61.6 Å². The number of nitrogens with zero attached hydrogens (tertiary/aromatic N) is 4. The van der Waals surface area contributed by atoms with Gasteiger partial charge < -0.3 is 13.7 Å². The van der Waals surface area contributed by atoms with E-state index in [1.54, 1.807) is 0 Å². The Hall–Kier alpha value is -9.69.